The van der Waals surface area contributed by atoms with Gasteiger partial charge >= 0.3 is 0 Å². The monoisotopic (exact) mass is 268 g/mol. The standard InChI is InChI=1S/C11H13BrN2O/c1-8-7-13-10(6-9(8)12)11(15)14-4-2-3-5-14/h6-7H,2-5H2,1H3. The summed E-state index contributed by atoms with van der Waals surface area (Å²) in [5.74, 6) is 0.0493. The van der Waals surface area contributed by atoms with Crippen LogP contribution in [0.2, 0.25) is 0 Å². The van der Waals surface area contributed by atoms with Gasteiger partial charge in [-0.15, -0.1) is 0 Å². The fourth-order valence-corrected chi connectivity index (χ4v) is 2.02. The van der Waals surface area contributed by atoms with Gasteiger partial charge in [0, 0.05) is 23.8 Å². The zero-order valence-corrected chi connectivity index (χ0v) is 10.2. The molecular formula is C11H13BrN2O. The molecule has 1 amide bonds. The topological polar surface area (TPSA) is 33.2 Å². The van der Waals surface area contributed by atoms with Crippen LogP contribution in [-0.4, -0.2) is 28.9 Å². The number of nitrogens with zero attached hydrogens (tertiary/aromatic N) is 2. The predicted molar refractivity (Wildman–Crippen MR) is 61.8 cm³/mol. The van der Waals surface area contributed by atoms with Gasteiger partial charge in [-0.2, -0.15) is 0 Å². The van der Waals surface area contributed by atoms with Gasteiger partial charge in [0.15, 0.2) is 0 Å². The van der Waals surface area contributed by atoms with Crippen molar-refractivity contribution in [3.05, 3.63) is 28.0 Å². The summed E-state index contributed by atoms with van der Waals surface area (Å²) in [5.41, 5.74) is 1.59. The number of likely N-dealkylation sites (tertiary alicyclic amines) is 1. The van der Waals surface area contributed by atoms with Crippen molar-refractivity contribution in [2.24, 2.45) is 0 Å². The van der Waals surface area contributed by atoms with Gasteiger partial charge in [0.25, 0.3) is 5.91 Å². The fraction of sp³-hybridized carbons (Fsp3) is 0.455. The van der Waals surface area contributed by atoms with E-state index in [1.165, 1.54) is 0 Å². The number of rotatable bonds is 1. The van der Waals surface area contributed by atoms with E-state index in [4.69, 9.17) is 0 Å². The second-order valence-corrected chi connectivity index (χ2v) is 4.67. The molecule has 1 aromatic heterocycles. The number of halogens is 1. The van der Waals surface area contributed by atoms with E-state index in [-0.39, 0.29) is 5.91 Å². The Balaban J connectivity index is 2.21. The number of hydrogen-bond donors (Lipinski definition) is 0. The first-order valence-corrected chi connectivity index (χ1v) is 5.89. The van der Waals surface area contributed by atoms with Crippen LogP contribution in [0.25, 0.3) is 0 Å². The third-order valence-corrected chi connectivity index (χ3v) is 3.50. The Labute approximate surface area is 97.6 Å². The van der Waals surface area contributed by atoms with Crippen LogP contribution in [-0.2, 0) is 0 Å². The number of aryl methyl sites for hydroxylation is 1. The van der Waals surface area contributed by atoms with E-state index in [9.17, 15) is 4.79 Å². The lowest BCUT2D eigenvalue weighted by Crippen LogP contribution is -2.28. The van der Waals surface area contributed by atoms with Crippen molar-refractivity contribution >= 4 is 21.8 Å². The zero-order valence-electron chi connectivity index (χ0n) is 8.66. The number of carbonyl (C=O) groups is 1. The van der Waals surface area contributed by atoms with Crippen molar-refractivity contribution in [2.45, 2.75) is 19.8 Å². The molecule has 4 heteroatoms. The number of amides is 1. The summed E-state index contributed by atoms with van der Waals surface area (Å²) >= 11 is 3.41. The molecule has 0 bridgehead atoms. The summed E-state index contributed by atoms with van der Waals surface area (Å²) in [5, 5.41) is 0. The first kappa shape index (κ1) is 10.6. The number of pyridine rings is 1. The van der Waals surface area contributed by atoms with E-state index in [0.29, 0.717) is 5.69 Å². The Morgan fingerprint density at radius 1 is 1.47 bits per heavy atom. The van der Waals surface area contributed by atoms with E-state index >= 15 is 0 Å². The van der Waals surface area contributed by atoms with Gasteiger partial charge in [-0.05, 0) is 31.4 Å². The molecule has 0 atom stereocenters. The lowest BCUT2D eigenvalue weighted by atomic mass is 10.2. The molecule has 2 rings (SSSR count). The summed E-state index contributed by atoms with van der Waals surface area (Å²) in [6, 6.07) is 1.80. The van der Waals surface area contributed by atoms with Crippen LogP contribution < -0.4 is 0 Å². The van der Waals surface area contributed by atoms with Crippen LogP contribution >= 0.6 is 15.9 Å². The lowest BCUT2D eigenvalue weighted by molar-refractivity contribution is 0.0787. The van der Waals surface area contributed by atoms with Crippen molar-refractivity contribution < 1.29 is 4.79 Å². The highest BCUT2D eigenvalue weighted by Gasteiger charge is 2.20. The summed E-state index contributed by atoms with van der Waals surface area (Å²) in [7, 11) is 0. The Kier molecular flexibility index (Phi) is 3.05. The molecule has 0 saturated carbocycles. The maximum absolute atomic E-state index is 12.0. The SMILES string of the molecule is Cc1cnc(C(=O)N2CCCC2)cc1Br. The average molecular weight is 269 g/mol. The van der Waals surface area contributed by atoms with E-state index in [0.717, 1.165) is 36.0 Å². The quantitative estimate of drug-likeness (QED) is 0.784. The van der Waals surface area contributed by atoms with Gasteiger partial charge in [-0.1, -0.05) is 15.9 Å². The summed E-state index contributed by atoms with van der Waals surface area (Å²) in [6.07, 6.45) is 3.95. The summed E-state index contributed by atoms with van der Waals surface area (Å²) in [4.78, 5) is 18.0. The minimum absolute atomic E-state index is 0.0493. The molecule has 2 heterocycles. The van der Waals surface area contributed by atoms with Crippen molar-refractivity contribution in [1.82, 2.24) is 9.88 Å². The first-order valence-electron chi connectivity index (χ1n) is 5.10. The van der Waals surface area contributed by atoms with Crippen LogP contribution in [0.1, 0.15) is 28.9 Å². The maximum atomic E-state index is 12.0. The number of carbonyl (C=O) groups excluding carboxylic acids is 1. The van der Waals surface area contributed by atoms with E-state index < -0.39 is 0 Å². The highest BCUT2D eigenvalue weighted by Crippen LogP contribution is 2.18. The van der Waals surface area contributed by atoms with Gasteiger partial charge in [-0.3, -0.25) is 9.78 Å². The maximum Gasteiger partial charge on any atom is 0.272 e. The Bertz CT molecular complexity index is 386. The average Bonchev–Trinajstić information content (AvgIpc) is 2.74. The largest absolute Gasteiger partial charge is 0.337 e. The molecule has 1 aromatic rings. The molecule has 80 valence electrons. The molecule has 1 saturated heterocycles. The minimum Gasteiger partial charge on any atom is -0.337 e. The summed E-state index contributed by atoms with van der Waals surface area (Å²) in [6.45, 7) is 3.69. The molecule has 0 radical (unpaired) electrons. The molecule has 3 nitrogen and oxygen atoms in total. The van der Waals surface area contributed by atoms with Crippen molar-refractivity contribution in [1.29, 1.82) is 0 Å². The summed E-state index contributed by atoms with van der Waals surface area (Å²) < 4.78 is 0.944. The van der Waals surface area contributed by atoms with Crippen LogP contribution in [0.3, 0.4) is 0 Å². The molecule has 1 fully saturated rings. The number of aromatic nitrogens is 1. The molecule has 0 N–H and O–H groups in total. The molecule has 0 aliphatic carbocycles. The zero-order chi connectivity index (χ0) is 10.8. The highest BCUT2D eigenvalue weighted by atomic mass is 79.9. The third-order valence-electron chi connectivity index (χ3n) is 2.65. The van der Waals surface area contributed by atoms with Crippen LogP contribution in [0.4, 0.5) is 0 Å². The van der Waals surface area contributed by atoms with Crippen LogP contribution in [0, 0.1) is 6.92 Å². The van der Waals surface area contributed by atoms with Gasteiger partial charge in [-0.25, -0.2) is 0 Å². The smallest absolute Gasteiger partial charge is 0.272 e. The Hall–Kier alpha value is -0.900. The minimum atomic E-state index is 0.0493. The second kappa shape index (κ2) is 4.31. The molecule has 1 aliphatic heterocycles. The van der Waals surface area contributed by atoms with E-state index in [2.05, 4.69) is 20.9 Å². The van der Waals surface area contributed by atoms with E-state index in [1.54, 1.807) is 12.3 Å². The van der Waals surface area contributed by atoms with Gasteiger partial charge < -0.3 is 4.90 Å². The molecule has 0 aromatic carbocycles. The predicted octanol–water partition coefficient (Wildman–Crippen LogP) is 2.39. The number of hydrogen-bond acceptors (Lipinski definition) is 2. The Morgan fingerprint density at radius 3 is 2.73 bits per heavy atom. The van der Waals surface area contributed by atoms with Crippen LogP contribution in [0.15, 0.2) is 16.7 Å². The normalized spacial score (nSPS) is 15.7. The highest BCUT2D eigenvalue weighted by molar-refractivity contribution is 9.10. The molecule has 15 heavy (non-hydrogen) atoms. The van der Waals surface area contributed by atoms with Crippen molar-refractivity contribution in [3.8, 4) is 0 Å². The molecule has 0 spiro atoms. The Morgan fingerprint density at radius 2 is 2.13 bits per heavy atom. The van der Waals surface area contributed by atoms with Gasteiger partial charge in [0.1, 0.15) is 5.69 Å². The fourth-order valence-electron chi connectivity index (χ4n) is 1.70. The lowest BCUT2D eigenvalue weighted by Gasteiger charge is -2.14. The molecule has 1 aliphatic rings. The van der Waals surface area contributed by atoms with E-state index in [1.807, 2.05) is 11.8 Å². The second-order valence-electron chi connectivity index (χ2n) is 3.82. The third kappa shape index (κ3) is 2.20. The first-order chi connectivity index (χ1) is 7.18. The van der Waals surface area contributed by atoms with Gasteiger partial charge in [0.2, 0.25) is 0 Å². The van der Waals surface area contributed by atoms with Crippen LogP contribution in [0.5, 0.6) is 0 Å². The molecule has 0 unspecified atom stereocenters. The van der Waals surface area contributed by atoms with Crippen molar-refractivity contribution in [3.63, 3.8) is 0 Å². The van der Waals surface area contributed by atoms with Gasteiger partial charge in [0.05, 0.1) is 0 Å². The molecular weight excluding hydrogens is 256 g/mol. The van der Waals surface area contributed by atoms with Crippen molar-refractivity contribution in [2.75, 3.05) is 13.1 Å².